The molecule has 0 spiro atoms. The summed E-state index contributed by atoms with van der Waals surface area (Å²) in [5.74, 6) is -1.11. The molecule has 2 aliphatic rings. The minimum absolute atomic E-state index is 0.0564. The Kier molecular flexibility index (Phi) is 22.4. The number of alkyl halides is 12. The topological polar surface area (TPSA) is 83.9 Å². The van der Waals surface area contributed by atoms with Crippen molar-refractivity contribution in [1.82, 2.24) is 9.80 Å². The molecule has 476 valence electrons. The summed E-state index contributed by atoms with van der Waals surface area (Å²) in [5.41, 5.74) is -0.627. The molecule has 2 aliphatic heterocycles. The summed E-state index contributed by atoms with van der Waals surface area (Å²) in [6.07, 6.45) is -25.2. The van der Waals surface area contributed by atoms with Crippen molar-refractivity contribution >= 4 is 0 Å². The number of hydrogen-bond donors (Lipinski definition) is 2. The van der Waals surface area contributed by atoms with Crippen LogP contribution in [-0.2, 0) is 69.8 Å². The van der Waals surface area contributed by atoms with Crippen LogP contribution >= 0.6 is 0 Å². The highest BCUT2D eigenvalue weighted by Gasteiger charge is 2.45. The molecule has 0 aliphatic carbocycles. The van der Waals surface area contributed by atoms with E-state index in [2.05, 4.69) is 9.80 Å². The largest absolute Gasteiger partial charge is 0.416 e. The molecular formula is C70H66F12N2O6. The van der Waals surface area contributed by atoms with Crippen molar-refractivity contribution in [3.8, 4) is 0 Å². The Bertz CT molecular complexity index is 3080. The first-order valence-electron chi connectivity index (χ1n) is 29.1. The second-order valence-electron chi connectivity index (χ2n) is 22.4. The molecule has 8 aromatic rings. The van der Waals surface area contributed by atoms with Crippen molar-refractivity contribution in [2.45, 2.75) is 87.5 Å². The van der Waals surface area contributed by atoms with Gasteiger partial charge in [0, 0.05) is 62.9 Å². The number of nitrogens with zero attached hydrogens (tertiary/aromatic N) is 2. The maximum Gasteiger partial charge on any atom is 0.416 e. The number of hydrogen-bond acceptors (Lipinski definition) is 8. The summed E-state index contributed by atoms with van der Waals surface area (Å²) >= 11 is 0. The van der Waals surface area contributed by atoms with Crippen molar-refractivity contribution in [3.05, 3.63) is 285 Å². The van der Waals surface area contributed by atoms with Gasteiger partial charge in [-0.15, -0.1) is 0 Å². The zero-order chi connectivity index (χ0) is 64.1. The lowest BCUT2D eigenvalue weighted by Gasteiger charge is -2.31. The average Bonchev–Trinajstić information content (AvgIpc) is 1.54. The van der Waals surface area contributed by atoms with Crippen molar-refractivity contribution in [3.63, 3.8) is 0 Å². The van der Waals surface area contributed by atoms with Crippen LogP contribution in [-0.4, -0.2) is 72.1 Å². The highest BCUT2D eigenvalue weighted by molar-refractivity contribution is 5.37. The van der Waals surface area contributed by atoms with Crippen LogP contribution in [0.15, 0.2) is 218 Å². The molecule has 2 N–H and O–H groups in total. The molecule has 0 amide bonds. The summed E-state index contributed by atoms with van der Waals surface area (Å²) in [7, 11) is 0. The molecule has 2 saturated heterocycles. The van der Waals surface area contributed by atoms with Gasteiger partial charge in [0.1, 0.15) is 12.2 Å². The van der Waals surface area contributed by atoms with Crippen molar-refractivity contribution in [1.29, 1.82) is 0 Å². The third-order valence-corrected chi connectivity index (χ3v) is 15.8. The fraction of sp³-hybridized carbons (Fsp3) is 0.314. The number of halogens is 12. The predicted molar refractivity (Wildman–Crippen MR) is 314 cm³/mol. The Morgan fingerprint density at radius 3 is 0.844 bits per heavy atom. The number of ether oxygens (including phenoxy) is 4. The van der Waals surface area contributed by atoms with Gasteiger partial charge in [-0.25, -0.2) is 0 Å². The molecule has 2 fully saturated rings. The van der Waals surface area contributed by atoms with Gasteiger partial charge in [0.05, 0.1) is 48.7 Å². The number of benzene rings is 8. The maximum atomic E-state index is 13.6. The van der Waals surface area contributed by atoms with Crippen molar-refractivity contribution in [2.24, 2.45) is 11.8 Å². The number of aliphatic hydroxyl groups is 2. The molecule has 8 aromatic carbocycles. The van der Waals surface area contributed by atoms with Crippen LogP contribution in [0.3, 0.4) is 0 Å². The molecule has 90 heavy (non-hydrogen) atoms. The van der Waals surface area contributed by atoms with E-state index in [1.54, 1.807) is 0 Å². The van der Waals surface area contributed by atoms with Crippen LogP contribution in [0.25, 0.3) is 0 Å². The van der Waals surface area contributed by atoms with Crippen LogP contribution in [0.1, 0.15) is 90.8 Å². The normalized spacial score (nSPS) is 19.6. The van der Waals surface area contributed by atoms with E-state index in [1.807, 2.05) is 182 Å². The second-order valence-corrected chi connectivity index (χ2v) is 22.4. The van der Waals surface area contributed by atoms with E-state index in [0.29, 0.717) is 63.5 Å². The van der Waals surface area contributed by atoms with E-state index < -0.39 is 108 Å². The van der Waals surface area contributed by atoms with Crippen LogP contribution < -0.4 is 0 Å². The van der Waals surface area contributed by atoms with Crippen LogP contribution in [0.5, 0.6) is 0 Å². The van der Waals surface area contributed by atoms with Gasteiger partial charge in [0.25, 0.3) is 0 Å². The second kappa shape index (κ2) is 30.1. The van der Waals surface area contributed by atoms with Gasteiger partial charge in [-0.2, -0.15) is 52.7 Å². The van der Waals surface area contributed by atoms with Gasteiger partial charge >= 0.3 is 24.7 Å². The van der Waals surface area contributed by atoms with Crippen LogP contribution in [0.2, 0.25) is 0 Å². The zero-order valence-corrected chi connectivity index (χ0v) is 48.4. The minimum atomic E-state index is -5.03. The van der Waals surface area contributed by atoms with Gasteiger partial charge in [-0.3, -0.25) is 9.80 Å². The molecule has 8 nitrogen and oxygen atoms in total. The number of aliphatic hydroxyl groups excluding tert-OH is 2. The molecule has 0 saturated carbocycles. The first kappa shape index (κ1) is 67.0. The molecule has 0 unspecified atom stereocenters. The fourth-order valence-electron chi connectivity index (χ4n) is 11.6. The molecular weight excluding hydrogens is 1190 g/mol. The van der Waals surface area contributed by atoms with Gasteiger partial charge in [-0.05, 0) is 80.9 Å². The summed E-state index contributed by atoms with van der Waals surface area (Å²) in [5, 5.41) is 20.3. The molecule has 0 bridgehead atoms. The Labute approximate surface area is 513 Å². The van der Waals surface area contributed by atoms with Crippen LogP contribution in [0.4, 0.5) is 52.7 Å². The Hall–Kier alpha value is -7.40. The van der Waals surface area contributed by atoms with Crippen molar-refractivity contribution in [2.75, 3.05) is 39.5 Å². The van der Waals surface area contributed by atoms with Gasteiger partial charge in [0.15, 0.2) is 12.6 Å². The van der Waals surface area contributed by atoms with E-state index in [-0.39, 0.29) is 37.2 Å². The molecule has 0 radical (unpaired) electrons. The summed E-state index contributed by atoms with van der Waals surface area (Å²) in [6, 6.07) is 61.0. The zero-order valence-electron chi connectivity index (χ0n) is 48.4. The first-order chi connectivity index (χ1) is 43.0. The van der Waals surface area contributed by atoms with Gasteiger partial charge in [0.2, 0.25) is 0 Å². The lowest BCUT2D eigenvalue weighted by atomic mass is 9.87. The Morgan fingerprint density at radius 2 is 0.611 bits per heavy atom. The number of rotatable bonds is 22. The molecule has 8 atom stereocenters. The van der Waals surface area contributed by atoms with E-state index in [9.17, 15) is 62.9 Å². The highest BCUT2D eigenvalue weighted by atomic mass is 19.4. The lowest BCUT2D eigenvalue weighted by Crippen LogP contribution is -2.33. The SMILES string of the molecule is OC[C@@H](O[C@H]1OC[C@H](CN(Cc2ccccc2)Cc2ccccc2)[C@H]1c1ccccc1)c1cc(C(F)(F)F)cc(C(F)(F)F)c1.OC[C@H](O[C@H]1OC[C@H](CN(Cc2ccccc2)Cc2ccccc2)[C@H]1c1ccccc1)c1cc(C(F)(F)F)cc(C(F)(F)F)c1. The van der Waals surface area contributed by atoms with E-state index in [4.69, 9.17) is 18.9 Å². The first-order valence-corrected chi connectivity index (χ1v) is 29.1. The molecule has 10 rings (SSSR count). The highest BCUT2D eigenvalue weighted by Crippen LogP contribution is 2.45. The summed E-state index contributed by atoms with van der Waals surface area (Å²) in [4.78, 5) is 4.56. The predicted octanol–water partition coefficient (Wildman–Crippen LogP) is 16.5. The molecule has 2 heterocycles. The fourth-order valence-corrected chi connectivity index (χ4v) is 11.6. The smallest absolute Gasteiger partial charge is 0.393 e. The quantitative estimate of drug-likeness (QED) is 0.0650. The standard InChI is InChI=1S/2C35H33F6NO3/c2*36-34(37,38)29-16-27(17-30(18-29)35(39,40)41)31(22-43)45-33-32(26-14-8-3-9-15-26)28(23-44-33)21-42(19-24-10-4-1-5-11-24)20-25-12-6-2-7-13-25/h2*1-18,28,31-33,43H,19-23H2/t28-,31+,32+,33+;28-,31-,32+,33+/m00/s1. The summed E-state index contributed by atoms with van der Waals surface area (Å²) < 4.78 is 187. The summed E-state index contributed by atoms with van der Waals surface area (Å²) in [6.45, 7) is 2.47. The third kappa shape index (κ3) is 18.4. The van der Waals surface area contributed by atoms with E-state index in [0.717, 1.165) is 33.4 Å². The van der Waals surface area contributed by atoms with E-state index >= 15 is 0 Å². The minimum Gasteiger partial charge on any atom is -0.393 e. The molecule has 0 aromatic heterocycles. The van der Waals surface area contributed by atoms with Crippen molar-refractivity contribution < 1.29 is 81.8 Å². The monoisotopic (exact) mass is 1260 g/mol. The lowest BCUT2D eigenvalue weighted by molar-refractivity contribution is -0.163. The Balaban J connectivity index is 0.000000213. The third-order valence-electron chi connectivity index (χ3n) is 15.8. The van der Waals surface area contributed by atoms with E-state index in [1.165, 1.54) is 0 Å². The van der Waals surface area contributed by atoms with Gasteiger partial charge < -0.3 is 29.2 Å². The van der Waals surface area contributed by atoms with Crippen LogP contribution in [0, 0.1) is 11.8 Å². The van der Waals surface area contributed by atoms with Gasteiger partial charge in [-0.1, -0.05) is 182 Å². The Morgan fingerprint density at radius 1 is 0.367 bits per heavy atom. The average molecular weight is 1260 g/mol. The molecule has 20 heteroatoms. The maximum absolute atomic E-state index is 13.6.